The third kappa shape index (κ3) is 4.87. The molecule has 28 heavy (non-hydrogen) atoms. The summed E-state index contributed by atoms with van der Waals surface area (Å²) >= 11 is 0. The van der Waals surface area contributed by atoms with Crippen LogP contribution in [0.3, 0.4) is 0 Å². The molecule has 2 rings (SSSR count). The summed E-state index contributed by atoms with van der Waals surface area (Å²) in [6.45, 7) is 3.13. The van der Waals surface area contributed by atoms with Crippen molar-refractivity contribution in [1.82, 2.24) is 4.31 Å². The van der Waals surface area contributed by atoms with E-state index in [0.717, 1.165) is 9.87 Å². The number of hydrogen-bond acceptors (Lipinski definition) is 6. The number of nitrogens with one attached hydrogen (secondary N) is 1. The van der Waals surface area contributed by atoms with Crippen molar-refractivity contribution < 1.29 is 27.9 Å². The maximum absolute atomic E-state index is 12.3. The fourth-order valence-corrected chi connectivity index (χ4v) is 3.23. The fraction of sp³-hybridized carbons (Fsp3) is 0.263. The molecule has 0 radical (unpaired) electrons. The number of esters is 1. The number of hydrogen-bond donors (Lipinski definition) is 2. The Labute approximate surface area is 163 Å². The second-order valence-electron chi connectivity index (χ2n) is 6.37. The van der Waals surface area contributed by atoms with Crippen LogP contribution in [0.15, 0.2) is 47.4 Å². The summed E-state index contributed by atoms with van der Waals surface area (Å²) in [7, 11) is -0.839. The molecule has 2 aromatic rings. The molecular formula is C19H22N2O6S. The van der Waals surface area contributed by atoms with Crippen LogP contribution in [0.5, 0.6) is 5.75 Å². The quantitative estimate of drug-likeness (QED) is 0.711. The highest BCUT2D eigenvalue weighted by molar-refractivity contribution is 7.89. The number of aryl methyl sites for hydroxylation is 1. The van der Waals surface area contributed by atoms with E-state index >= 15 is 0 Å². The van der Waals surface area contributed by atoms with Crippen LogP contribution in [-0.2, 0) is 19.6 Å². The van der Waals surface area contributed by atoms with E-state index in [0.29, 0.717) is 0 Å². The molecule has 0 aromatic heterocycles. The Morgan fingerprint density at radius 3 is 2.43 bits per heavy atom. The molecule has 0 saturated carbocycles. The molecule has 1 atom stereocenters. The summed E-state index contributed by atoms with van der Waals surface area (Å²) in [5.74, 6) is -1.72. The predicted molar refractivity (Wildman–Crippen MR) is 104 cm³/mol. The van der Waals surface area contributed by atoms with E-state index < -0.39 is 28.0 Å². The molecule has 0 fully saturated rings. The predicted octanol–water partition coefficient (Wildman–Crippen LogP) is 2.13. The largest absolute Gasteiger partial charge is 0.507 e. The van der Waals surface area contributed by atoms with Crippen molar-refractivity contribution in [3.8, 4) is 5.75 Å². The number of aromatic hydroxyl groups is 1. The van der Waals surface area contributed by atoms with Gasteiger partial charge in [-0.1, -0.05) is 12.1 Å². The van der Waals surface area contributed by atoms with E-state index in [-0.39, 0.29) is 21.9 Å². The van der Waals surface area contributed by atoms with E-state index in [1.165, 1.54) is 57.4 Å². The number of benzene rings is 2. The van der Waals surface area contributed by atoms with Gasteiger partial charge in [-0.2, -0.15) is 0 Å². The summed E-state index contributed by atoms with van der Waals surface area (Å²) in [4.78, 5) is 24.5. The molecule has 8 nitrogen and oxygen atoms in total. The van der Waals surface area contributed by atoms with Gasteiger partial charge < -0.3 is 15.2 Å². The maximum atomic E-state index is 12.3. The van der Waals surface area contributed by atoms with Crippen LogP contribution in [0.2, 0.25) is 0 Å². The minimum Gasteiger partial charge on any atom is -0.507 e. The molecule has 150 valence electrons. The number of phenols is 1. The highest BCUT2D eigenvalue weighted by Gasteiger charge is 2.22. The lowest BCUT2D eigenvalue weighted by molar-refractivity contribution is -0.123. The standard InChI is InChI=1S/C19H22N2O6S/c1-12-8-9-16(17(22)10-12)19(24)27-13(2)18(23)20-14-6-5-7-15(11-14)28(25,26)21(3)4/h5-11,13,22H,1-4H3,(H,20,23)/t13-/m1/s1. The molecule has 2 N–H and O–H groups in total. The number of amides is 1. The van der Waals surface area contributed by atoms with Crippen molar-refractivity contribution in [2.24, 2.45) is 0 Å². The van der Waals surface area contributed by atoms with Crippen LogP contribution < -0.4 is 5.32 Å². The average molecular weight is 406 g/mol. The Morgan fingerprint density at radius 1 is 1.14 bits per heavy atom. The number of carbonyl (C=O) groups is 2. The Bertz CT molecular complexity index is 1000. The van der Waals surface area contributed by atoms with Gasteiger partial charge in [0.05, 0.1) is 4.90 Å². The minimum absolute atomic E-state index is 0.0181. The molecular weight excluding hydrogens is 384 g/mol. The van der Waals surface area contributed by atoms with Crippen LogP contribution >= 0.6 is 0 Å². The Morgan fingerprint density at radius 2 is 1.82 bits per heavy atom. The second kappa shape index (κ2) is 8.41. The number of carbonyl (C=O) groups excluding carboxylic acids is 2. The monoisotopic (exact) mass is 406 g/mol. The van der Waals surface area contributed by atoms with Crippen molar-refractivity contribution in [3.63, 3.8) is 0 Å². The van der Waals surface area contributed by atoms with Crippen LogP contribution in [0.1, 0.15) is 22.8 Å². The summed E-state index contributed by atoms with van der Waals surface area (Å²) in [5, 5.41) is 12.3. The maximum Gasteiger partial charge on any atom is 0.342 e. The van der Waals surface area contributed by atoms with E-state index in [2.05, 4.69) is 5.32 Å². The Kier molecular flexibility index (Phi) is 6.42. The molecule has 1 amide bonds. The van der Waals surface area contributed by atoms with Gasteiger partial charge in [0.1, 0.15) is 11.3 Å². The van der Waals surface area contributed by atoms with Gasteiger partial charge in [0.2, 0.25) is 10.0 Å². The first-order valence-electron chi connectivity index (χ1n) is 8.36. The molecule has 0 aliphatic heterocycles. The molecule has 0 unspecified atom stereocenters. The summed E-state index contributed by atoms with van der Waals surface area (Å²) in [6.07, 6.45) is -1.16. The number of anilines is 1. The van der Waals surface area contributed by atoms with Crippen molar-refractivity contribution in [2.45, 2.75) is 24.8 Å². The van der Waals surface area contributed by atoms with Gasteiger partial charge in [-0.05, 0) is 49.7 Å². The number of nitrogens with zero attached hydrogens (tertiary/aromatic N) is 1. The highest BCUT2D eigenvalue weighted by atomic mass is 32.2. The zero-order valence-electron chi connectivity index (χ0n) is 16.0. The molecule has 0 aliphatic rings. The lowest BCUT2D eigenvalue weighted by Gasteiger charge is -2.15. The average Bonchev–Trinajstić information content (AvgIpc) is 2.61. The van der Waals surface area contributed by atoms with E-state index in [1.54, 1.807) is 13.0 Å². The van der Waals surface area contributed by atoms with Gasteiger partial charge in [-0.15, -0.1) is 0 Å². The number of rotatable bonds is 6. The van der Waals surface area contributed by atoms with Crippen molar-refractivity contribution in [1.29, 1.82) is 0 Å². The van der Waals surface area contributed by atoms with Gasteiger partial charge in [0.15, 0.2) is 6.10 Å². The van der Waals surface area contributed by atoms with Gasteiger partial charge >= 0.3 is 5.97 Å². The molecule has 0 saturated heterocycles. The lowest BCUT2D eigenvalue weighted by atomic mass is 10.1. The fourth-order valence-electron chi connectivity index (χ4n) is 2.28. The van der Waals surface area contributed by atoms with Crippen molar-refractivity contribution in [3.05, 3.63) is 53.6 Å². The Hall–Kier alpha value is -2.91. The Balaban J connectivity index is 2.09. The zero-order valence-corrected chi connectivity index (χ0v) is 16.8. The summed E-state index contributed by atoms with van der Waals surface area (Å²) in [5.41, 5.74) is 0.964. The molecule has 9 heteroatoms. The van der Waals surface area contributed by atoms with E-state index in [9.17, 15) is 23.1 Å². The molecule has 0 spiro atoms. The van der Waals surface area contributed by atoms with Crippen LogP contribution in [-0.4, -0.2) is 49.9 Å². The molecule has 2 aromatic carbocycles. The van der Waals surface area contributed by atoms with Crippen molar-refractivity contribution in [2.75, 3.05) is 19.4 Å². The molecule has 0 heterocycles. The van der Waals surface area contributed by atoms with Gasteiger partial charge in [0, 0.05) is 19.8 Å². The molecule has 0 bridgehead atoms. The third-order valence-corrected chi connectivity index (χ3v) is 5.72. The minimum atomic E-state index is -3.65. The second-order valence-corrected chi connectivity index (χ2v) is 8.52. The smallest absolute Gasteiger partial charge is 0.342 e. The first-order chi connectivity index (χ1) is 13.0. The first kappa shape index (κ1) is 21.4. The molecule has 0 aliphatic carbocycles. The summed E-state index contributed by atoms with van der Waals surface area (Å²) in [6, 6.07) is 10.2. The zero-order chi connectivity index (χ0) is 21.1. The number of sulfonamides is 1. The topological polar surface area (TPSA) is 113 Å². The van der Waals surface area contributed by atoms with Gasteiger partial charge in [0.25, 0.3) is 5.91 Å². The number of phenolic OH excluding ortho intramolecular Hbond substituents is 1. The van der Waals surface area contributed by atoms with Gasteiger partial charge in [-0.3, -0.25) is 4.79 Å². The van der Waals surface area contributed by atoms with E-state index in [1.807, 2.05) is 0 Å². The third-order valence-electron chi connectivity index (χ3n) is 3.91. The summed E-state index contributed by atoms with van der Waals surface area (Å²) < 4.78 is 30.5. The van der Waals surface area contributed by atoms with Crippen molar-refractivity contribution >= 4 is 27.6 Å². The van der Waals surface area contributed by atoms with E-state index in [4.69, 9.17) is 4.74 Å². The first-order valence-corrected chi connectivity index (χ1v) is 9.80. The normalized spacial score (nSPS) is 12.5. The number of ether oxygens (including phenoxy) is 1. The van der Waals surface area contributed by atoms with Crippen LogP contribution in [0, 0.1) is 6.92 Å². The van der Waals surface area contributed by atoms with Crippen LogP contribution in [0.25, 0.3) is 0 Å². The van der Waals surface area contributed by atoms with Crippen LogP contribution in [0.4, 0.5) is 5.69 Å². The highest BCUT2D eigenvalue weighted by Crippen LogP contribution is 2.21. The van der Waals surface area contributed by atoms with Gasteiger partial charge in [-0.25, -0.2) is 17.5 Å². The lowest BCUT2D eigenvalue weighted by Crippen LogP contribution is -2.30. The SMILES string of the molecule is Cc1ccc(C(=O)O[C@H](C)C(=O)Nc2cccc(S(=O)(=O)N(C)C)c2)c(O)c1.